The molecule has 1 saturated carbocycles. The lowest BCUT2D eigenvalue weighted by Crippen LogP contribution is -2.38. The number of carbonyl (C=O) groups is 1. The highest BCUT2D eigenvalue weighted by Gasteiger charge is 2.43. The first-order chi connectivity index (χ1) is 9.13. The number of carbonyl (C=O) groups excluding carboxylic acids is 1. The highest BCUT2D eigenvalue weighted by molar-refractivity contribution is 5.75. The second kappa shape index (κ2) is 6.53. The van der Waals surface area contributed by atoms with Crippen LogP contribution in [-0.2, 0) is 14.3 Å². The zero-order chi connectivity index (χ0) is 13.7. The van der Waals surface area contributed by atoms with E-state index in [1.165, 1.54) is 12.8 Å². The number of ether oxygens (including phenoxy) is 2. The average molecular weight is 267 g/mol. The van der Waals surface area contributed by atoms with E-state index in [9.17, 15) is 4.79 Å². The molecule has 1 heterocycles. The van der Waals surface area contributed by atoms with Crippen molar-refractivity contribution < 1.29 is 14.3 Å². The minimum absolute atomic E-state index is 0.00101. The van der Waals surface area contributed by atoms with Crippen molar-refractivity contribution in [1.29, 1.82) is 0 Å². The number of amides is 1. The van der Waals surface area contributed by atoms with Gasteiger partial charge in [0.15, 0.2) is 5.79 Å². The molecule has 0 radical (unpaired) electrons. The quantitative estimate of drug-likeness (QED) is 0.778. The summed E-state index contributed by atoms with van der Waals surface area (Å²) in [5.74, 6) is 0.473. The van der Waals surface area contributed by atoms with Crippen molar-refractivity contribution in [3.63, 3.8) is 0 Å². The Labute approximate surface area is 115 Å². The summed E-state index contributed by atoms with van der Waals surface area (Å²) in [5.41, 5.74) is 0. The van der Waals surface area contributed by atoms with Gasteiger partial charge in [0.05, 0.1) is 6.61 Å². The summed E-state index contributed by atoms with van der Waals surface area (Å²) in [4.78, 5) is 11.5. The van der Waals surface area contributed by atoms with Crippen LogP contribution in [0.25, 0.3) is 0 Å². The molecule has 1 unspecified atom stereocenters. The van der Waals surface area contributed by atoms with E-state index >= 15 is 0 Å². The second-order valence-electron chi connectivity index (χ2n) is 5.78. The van der Waals surface area contributed by atoms with E-state index in [4.69, 9.17) is 9.47 Å². The smallest absolute Gasteiger partial charge is 0.220 e. The van der Waals surface area contributed by atoms with Gasteiger partial charge in [0.25, 0.3) is 0 Å². The SMILES string of the molecule is C=CCCC(=O)NCC1COC2(CCC(C)CC2)O1. The molecule has 0 aromatic heterocycles. The Morgan fingerprint density at radius 1 is 1.47 bits per heavy atom. The van der Waals surface area contributed by atoms with Gasteiger partial charge in [-0.3, -0.25) is 4.79 Å². The highest BCUT2D eigenvalue weighted by Crippen LogP contribution is 2.39. The molecule has 0 aromatic carbocycles. The molecule has 4 nitrogen and oxygen atoms in total. The van der Waals surface area contributed by atoms with Crippen LogP contribution < -0.4 is 5.32 Å². The molecule has 0 aromatic rings. The fourth-order valence-electron chi connectivity index (χ4n) is 2.73. The summed E-state index contributed by atoms with van der Waals surface area (Å²) in [5, 5.41) is 2.90. The maximum atomic E-state index is 11.5. The Bertz CT molecular complexity index is 321. The van der Waals surface area contributed by atoms with Gasteiger partial charge in [-0.05, 0) is 25.2 Å². The molecule has 108 valence electrons. The summed E-state index contributed by atoms with van der Waals surface area (Å²) in [6, 6.07) is 0. The monoisotopic (exact) mass is 267 g/mol. The number of rotatable bonds is 5. The van der Waals surface area contributed by atoms with E-state index in [0.717, 1.165) is 25.2 Å². The number of hydrogen-bond acceptors (Lipinski definition) is 3. The van der Waals surface area contributed by atoms with E-state index in [1.54, 1.807) is 6.08 Å². The lowest BCUT2D eigenvalue weighted by molar-refractivity contribution is -0.191. The van der Waals surface area contributed by atoms with Crippen LogP contribution in [0.2, 0.25) is 0 Å². The molecule has 2 rings (SSSR count). The van der Waals surface area contributed by atoms with Crippen molar-refractivity contribution in [2.24, 2.45) is 5.92 Å². The Kier molecular flexibility index (Phi) is 4.99. The topological polar surface area (TPSA) is 47.6 Å². The van der Waals surface area contributed by atoms with Crippen molar-refractivity contribution in [1.82, 2.24) is 5.32 Å². The van der Waals surface area contributed by atoms with Gasteiger partial charge in [-0.1, -0.05) is 13.0 Å². The molecule has 1 N–H and O–H groups in total. The Morgan fingerprint density at radius 2 is 2.21 bits per heavy atom. The molecule has 1 aliphatic heterocycles. The molecule has 1 saturated heterocycles. The van der Waals surface area contributed by atoms with E-state index in [0.29, 0.717) is 19.6 Å². The van der Waals surface area contributed by atoms with Crippen LogP contribution in [0.4, 0.5) is 0 Å². The maximum Gasteiger partial charge on any atom is 0.220 e. The zero-order valence-electron chi connectivity index (χ0n) is 11.8. The van der Waals surface area contributed by atoms with Crippen molar-refractivity contribution in [3.8, 4) is 0 Å². The molecule has 4 heteroatoms. The Balaban J connectivity index is 1.70. The predicted octanol–water partition coefficient (Wildman–Crippen LogP) is 2.39. The van der Waals surface area contributed by atoms with Gasteiger partial charge >= 0.3 is 0 Å². The first-order valence-electron chi connectivity index (χ1n) is 7.33. The minimum atomic E-state index is -0.358. The predicted molar refractivity (Wildman–Crippen MR) is 73.6 cm³/mol. The molecule has 2 aliphatic rings. The van der Waals surface area contributed by atoms with Crippen molar-refractivity contribution in [3.05, 3.63) is 12.7 Å². The molecule has 1 spiro atoms. The zero-order valence-corrected chi connectivity index (χ0v) is 11.8. The van der Waals surface area contributed by atoms with Crippen molar-refractivity contribution in [2.45, 2.75) is 57.3 Å². The fourth-order valence-corrected chi connectivity index (χ4v) is 2.73. The third-order valence-electron chi connectivity index (χ3n) is 4.05. The molecular formula is C15H25NO3. The molecule has 1 aliphatic carbocycles. The van der Waals surface area contributed by atoms with Crippen molar-refractivity contribution >= 4 is 5.91 Å². The Morgan fingerprint density at radius 3 is 2.89 bits per heavy atom. The van der Waals surface area contributed by atoms with Gasteiger partial charge in [0.2, 0.25) is 5.91 Å². The van der Waals surface area contributed by atoms with Gasteiger partial charge in [0.1, 0.15) is 6.10 Å². The van der Waals surface area contributed by atoms with Crippen LogP contribution in [0.5, 0.6) is 0 Å². The van der Waals surface area contributed by atoms with Crippen LogP contribution in [0.15, 0.2) is 12.7 Å². The summed E-state index contributed by atoms with van der Waals surface area (Å²) in [7, 11) is 0. The van der Waals surface area contributed by atoms with Crippen LogP contribution in [-0.4, -0.2) is 30.9 Å². The average Bonchev–Trinajstić information content (AvgIpc) is 2.81. The molecule has 0 bridgehead atoms. The summed E-state index contributed by atoms with van der Waals surface area (Å²) >= 11 is 0. The Hall–Kier alpha value is -0.870. The van der Waals surface area contributed by atoms with E-state index in [-0.39, 0.29) is 17.8 Å². The fraction of sp³-hybridized carbons (Fsp3) is 0.800. The first-order valence-corrected chi connectivity index (χ1v) is 7.33. The maximum absolute atomic E-state index is 11.5. The van der Waals surface area contributed by atoms with Gasteiger partial charge in [-0.2, -0.15) is 0 Å². The minimum Gasteiger partial charge on any atom is -0.353 e. The second-order valence-corrected chi connectivity index (χ2v) is 5.78. The molecule has 2 fully saturated rings. The molecule has 1 atom stereocenters. The molecule has 19 heavy (non-hydrogen) atoms. The standard InChI is InChI=1S/C15H25NO3/c1-3-4-5-14(17)16-10-13-11-18-15(19-13)8-6-12(2)7-9-15/h3,12-13H,1,4-11H2,2H3,(H,16,17). The van der Waals surface area contributed by atoms with Crippen molar-refractivity contribution in [2.75, 3.05) is 13.2 Å². The van der Waals surface area contributed by atoms with E-state index in [1.807, 2.05) is 0 Å². The number of allylic oxidation sites excluding steroid dienone is 1. The molecule has 1 amide bonds. The van der Waals surface area contributed by atoms with E-state index < -0.39 is 0 Å². The summed E-state index contributed by atoms with van der Waals surface area (Å²) < 4.78 is 11.9. The normalized spacial score (nSPS) is 34.4. The summed E-state index contributed by atoms with van der Waals surface area (Å²) in [6.45, 7) is 7.03. The van der Waals surface area contributed by atoms with Gasteiger partial charge < -0.3 is 14.8 Å². The van der Waals surface area contributed by atoms with Gasteiger partial charge in [-0.25, -0.2) is 0 Å². The van der Waals surface area contributed by atoms with Gasteiger partial charge in [0, 0.05) is 25.8 Å². The van der Waals surface area contributed by atoms with Crippen LogP contribution in [0.1, 0.15) is 45.4 Å². The third kappa shape index (κ3) is 4.05. The van der Waals surface area contributed by atoms with E-state index in [2.05, 4.69) is 18.8 Å². The number of hydrogen-bond donors (Lipinski definition) is 1. The largest absolute Gasteiger partial charge is 0.353 e. The first kappa shape index (κ1) is 14.5. The van der Waals surface area contributed by atoms with Gasteiger partial charge in [-0.15, -0.1) is 6.58 Å². The third-order valence-corrected chi connectivity index (χ3v) is 4.05. The lowest BCUT2D eigenvalue weighted by atomic mass is 9.86. The summed E-state index contributed by atoms with van der Waals surface area (Å²) in [6.07, 6.45) is 7.27. The van der Waals surface area contributed by atoms with Crippen LogP contribution in [0, 0.1) is 5.92 Å². The van der Waals surface area contributed by atoms with Crippen LogP contribution >= 0.6 is 0 Å². The number of nitrogens with one attached hydrogen (secondary N) is 1. The highest BCUT2D eigenvalue weighted by atomic mass is 16.7. The molecular weight excluding hydrogens is 242 g/mol. The van der Waals surface area contributed by atoms with Crippen LogP contribution in [0.3, 0.4) is 0 Å². The lowest BCUT2D eigenvalue weighted by Gasteiger charge is -2.34.